The van der Waals surface area contributed by atoms with Crippen LogP contribution in [0.5, 0.6) is 0 Å². The van der Waals surface area contributed by atoms with Gasteiger partial charge in [0.15, 0.2) is 8.32 Å². The van der Waals surface area contributed by atoms with Crippen LogP contribution < -0.4 is 0 Å². The largest absolute Gasteiger partial charge is 0.402 e. The SMILES string of the molecule is C[Si](C)(C)OC(Sc1ccccc1)c1ccccc1. The second kappa shape index (κ2) is 6.42. The van der Waals surface area contributed by atoms with Gasteiger partial charge in [0, 0.05) is 4.90 Å². The Morgan fingerprint density at radius 3 is 1.89 bits per heavy atom. The number of rotatable bonds is 5. The summed E-state index contributed by atoms with van der Waals surface area (Å²) in [5.41, 5.74) is 1.31. The molecular weight excluding hydrogens is 268 g/mol. The van der Waals surface area contributed by atoms with Crippen molar-refractivity contribution in [3.8, 4) is 0 Å². The van der Waals surface area contributed by atoms with Crippen LogP contribution in [0.2, 0.25) is 19.6 Å². The van der Waals surface area contributed by atoms with Crippen molar-refractivity contribution in [2.45, 2.75) is 30.0 Å². The van der Waals surface area contributed by atoms with Crippen LogP contribution in [-0.4, -0.2) is 8.32 Å². The average molecular weight is 288 g/mol. The van der Waals surface area contributed by atoms with E-state index in [9.17, 15) is 0 Å². The van der Waals surface area contributed by atoms with Crippen molar-refractivity contribution in [2.24, 2.45) is 0 Å². The topological polar surface area (TPSA) is 9.23 Å². The quantitative estimate of drug-likeness (QED) is 0.418. The first kappa shape index (κ1) is 14.4. The average Bonchev–Trinajstić information content (AvgIpc) is 2.39. The van der Waals surface area contributed by atoms with Crippen molar-refractivity contribution < 1.29 is 4.43 Å². The van der Waals surface area contributed by atoms with Gasteiger partial charge in [0.25, 0.3) is 0 Å². The van der Waals surface area contributed by atoms with Crippen molar-refractivity contribution in [2.75, 3.05) is 0 Å². The molecule has 100 valence electrons. The summed E-state index contributed by atoms with van der Waals surface area (Å²) in [6.07, 6.45) is 0. The van der Waals surface area contributed by atoms with E-state index in [1.807, 2.05) is 12.1 Å². The van der Waals surface area contributed by atoms with E-state index in [4.69, 9.17) is 4.43 Å². The fourth-order valence-electron chi connectivity index (χ4n) is 1.71. The van der Waals surface area contributed by atoms with Gasteiger partial charge in [0.2, 0.25) is 0 Å². The first-order chi connectivity index (χ1) is 9.04. The zero-order valence-corrected chi connectivity index (χ0v) is 13.5. The van der Waals surface area contributed by atoms with E-state index in [0.29, 0.717) is 0 Å². The number of hydrogen-bond donors (Lipinski definition) is 0. The van der Waals surface area contributed by atoms with Gasteiger partial charge >= 0.3 is 0 Å². The summed E-state index contributed by atoms with van der Waals surface area (Å²) < 4.78 is 6.33. The molecule has 1 atom stereocenters. The third-order valence-corrected chi connectivity index (χ3v) is 4.76. The molecule has 19 heavy (non-hydrogen) atoms. The molecule has 0 spiro atoms. The Labute approximate surface area is 121 Å². The first-order valence-electron chi connectivity index (χ1n) is 6.49. The Hall–Kier alpha value is -1.03. The molecule has 0 aliphatic heterocycles. The normalized spacial score (nSPS) is 13.2. The highest BCUT2D eigenvalue weighted by Crippen LogP contribution is 2.37. The minimum absolute atomic E-state index is 0.0790. The van der Waals surface area contributed by atoms with E-state index in [1.165, 1.54) is 10.5 Å². The molecule has 3 heteroatoms. The highest BCUT2D eigenvalue weighted by molar-refractivity contribution is 7.99. The fraction of sp³-hybridized carbons (Fsp3) is 0.250. The second-order valence-corrected chi connectivity index (χ2v) is 11.0. The molecule has 2 aromatic rings. The van der Waals surface area contributed by atoms with Crippen molar-refractivity contribution in [3.05, 3.63) is 66.2 Å². The first-order valence-corrected chi connectivity index (χ1v) is 10.8. The molecule has 0 radical (unpaired) electrons. The monoisotopic (exact) mass is 288 g/mol. The van der Waals surface area contributed by atoms with E-state index in [2.05, 4.69) is 68.2 Å². The smallest absolute Gasteiger partial charge is 0.185 e. The molecule has 0 N–H and O–H groups in total. The molecule has 1 unspecified atom stereocenters. The van der Waals surface area contributed by atoms with Crippen molar-refractivity contribution in [3.63, 3.8) is 0 Å². The van der Waals surface area contributed by atoms with Gasteiger partial charge in [-0.05, 0) is 37.3 Å². The predicted octanol–water partition coefficient (Wildman–Crippen LogP) is 5.33. The number of benzene rings is 2. The molecule has 0 saturated heterocycles. The third kappa shape index (κ3) is 4.86. The maximum absolute atomic E-state index is 6.33. The summed E-state index contributed by atoms with van der Waals surface area (Å²) in [5, 5.41) is 0. The standard InChI is InChI=1S/C16H20OSSi/c1-19(2,3)17-16(14-10-6-4-7-11-14)18-15-12-8-5-9-13-15/h4-13,16H,1-3H3. The molecule has 0 saturated carbocycles. The Morgan fingerprint density at radius 1 is 0.842 bits per heavy atom. The maximum Gasteiger partial charge on any atom is 0.185 e. The van der Waals surface area contributed by atoms with Gasteiger partial charge in [-0.1, -0.05) is 60.3 Å². The lowest BCUT2D eigenvalue weighted by Crippen LogP contribution is -2.26. The zero-order valence-electron chi connectivity index (χ0n) is 11.7. The van der Waals surface area contributed by atoms with Crippen molar-refractivity contribution >= 4 is 20.1 Å². The van der Waals surface area contributed by atoms with Crippen LogP contribution in [0.4, 0.5) is 0 Å². The minimum atomic E-state index is -1.58. The lowest BCUT2D eigenvalue weighted by Gasteiger charge is -2.26. The summed E-state index contributed by atoms with van der Waals surface area (Å²) in [4.78, 5) is 1.25. The second-order valence-electron chi connectivity index (χ2n) is 5.40. The molecule has 0 bridgehead atoms. The maximum atomic E-state index is 6.33. The lowest BCUT2D eigenvalue weighted by molar-refractivity contribution is 0.288. The van der Waals surface area contributed by atoms with Crippen molar-refractivity contribution in [1.29, 1.82) is 0 Å². The molecule has 0 fully saturated rings. The Bertz CT molecular complexity index is 493. The Balaban J connectivity index is 2.20. The Morgan fingerprint density at radius 2 is 1.37 bits per heavy atom. The summed E-state index contributed by atoms with van der Waals surface area (Å²) in [6.45, 7) is 6.69. The molecule has 0 aliphatic carbocycles. The molecule has 2 rings (SSSR count). The van der Waals surface area contributed by atoms with Crippen LogP contribution in [0.15, 0.2) is 65.6 Å². The molecule has 0 aliphatic rings. The van der Waals surface area contributed by atoms with Crippen LogP contribution in [-0.2, 0) is 4.43 Å². The van der Waals surface area contributed by atoms with E-state index in [-0.39, 0.29) is 5.44 Å². The number of hydrogen-bond acceptors (Lipinski definition) is 2. The van der Waals surface area contributed by atoms with Gasteiger partial charge in [-0.3, -0.25) is 0 Å². The minimum Gasteiger partial charge on any atom is -0.402 e. The fourth-order valence-corrected chi connectivity index (χ4v) is 4.41. The molecule has 0 heterocycles. The highest BCUT2D eigenvalue weighted by atomic mass is 32.2. The van der Waals surface area contributed by atoms with Crippen LogP contribution in [0.25, 0.3) is 0 Å². The molecule has 1 nitrogen and oxygen atoms in total. The third-order valence-electron chi connectivity index (χ3n) is 2.52. The lowest BCUT2D eigenvalue weighted by atomic mass is 10.2. The van der Waals surface area contributed by atoms with Crippen LogP contribution in [0.1, 0.15) is 11.0 Å². The van der Waals surface area contributed by atoms with Gasteiger partial charge in [-0.25, -0.2) is 0 Å². The van der Waals surface area contributed by atoms with Gasteiger partial charge in [0.05, 0.1) is 0 Å². The van der Waals surface area contributed by atoms with E-state index >= 15 is 0 Å². The van der Waals surface area contributed by atoms with Gasteiger partial charge in [0.1, 0.15) is 5.44 Å². The molecule has 2 aromatic carbocycles. The van der Waals surface area contributed by atoms with E-state index < -0.39 is 8.32 Å². The molecule has 0 aromatic heterocycles. The molecular formula is C16H20OSSi. The molecule has 0 amide bonds. The van der Waals surface area contributed by atoms with Crippen LogP contribution in [0, 0.1) is 0 Å². The van der Waals surface area contributed by atoms with Gasteiger partial charge in [-0.2, -0.15) is 0 Å². The summed E-state index contributed by atoms with van der Waals surface area (Å²) in [7, 11) is -1.58. The van der Waals surface area contributed by atoms with E-state index in [0.717, 1.165) is 0 Å². The summed E-state index contributed by atoms with van der Waals surface area (Å²) in [6, 6.07) is 20.9. The van der Waals surface area contributed by atoms with Crippen LogP contribution in [0.3, 0.4) is 0 Å². The zero-order chi connectivity index (χ0) is 13.7. The predicted molar refractivity (Wildman–Crippen MR) is 85.9 cm³/mol. The van der Waals surface area contributed by atoms with Gasteiger partial charge in [-0.15, -0.1) is 0 Å². The highest BCUT2D eigenvalue weighted by Gasteiger charge is 2.23. The van der Waals surface area contributed by atoms with Crippen molar-refractivity contribution in [1.82, 2.24) is 0 Å². The summed E-state index contributed by atoms with van der Waals surface area (Å²) in [5.74, 6) is 0. The number of thioether (sulfide) groups is 1. The summed E-state index contributed by atoms with van der Waals surface area (Å²) >= 11 is 1.78. The van der Waals surface area contributed by atoms with Crippen LogP contribution >= 0.6 is 11.8 Å². The van der Waals surface area contributed by atoms with Gasteiger partial charge < -0.3 is 4.43 Å². The van der Waals surface area contributed by atoms with E-state index in [1.54, 1.807) is 11.8 Å². The Kier molecular flexibility index (Phi) is 4.85.